The first-order valence-corrected chi connectivity index (χ1v) is 9.69. The number of nitrogens with zero attached hydrogens (tertiary/aromatic N) is 1. The average molecular weight is 388 g/mol. The van der Waals surface area contributed by atoms with E-state index in [1.807, 2.05) is 54.6 Å². The molecular formula is C23H20N2O4. The van der Waals surface area contributed by atoms with E-state index < -0.39 is 0 Å². The summed E-state index contributed by atoms with van der Waals surface area (Å²) in [7, 11) is 0. The molecule has 0 aliphatic carbocycles. The number of carbonyl (C=O) groups excluding carboxylic acids is 2. The molecule has 6 heteroatoms. The van der Waals surface area contributed by atoms with Gasteiger partial charge in [0, 0.05) is 30.5 Å². The van der Waals surface area contributed by atoms with E-state index in [9.17, 15) is 9.59 Å². The number of anilines is 1. The normalized spacial score (nSPS) is 13.9. The number of nitrogens with one attached hydrogen (secondary N) is 1. The molecule has 1 N–H and O–H groups in total. The van der Waals surface area contributed by atoms with Gasteiger partial charge in [0.05, 0.1) is 5.69 Å². The van der Waals surface area contributed by atoms with Crippen LogP contribution in [0.1, 0.15) is 28.8 Å². The Morgan fingerprint density at radius 2 is 1.86 bits per heavy atom. The minimum Gasteiger partial charge on any atom is -0.454 e. The molecule has 2 aliphatic heterocycles. The molecule has 0 bridgehead atoms. The standard InChI is InChI=1S/C23H20N2O4/c26-21(24-13-15-9-10-19-20(12-15)29-14-28-19)8-3-11-25-18-7-2-5-16-4-1-6-17(22(16)18)23(25)27/h1-2,4-7,9-10,12H,3,8,11,13-14H2,(H,24,26). The molecule has 3 aromatic rings. The van der Waals surface area contributed by atoms with Gasteiger partial charge in [0.2, 0.25) is 12.7 Å². The molecule has 2 amide bonds. The maximum atomic E-state index is 12.8. The van der Waals surface area contributed by atoms with Crippen LogP contribution in [0.4, 0.5) is 5.69 Å². The zero-order valence-electron chi connectivity index (χ0n) is 15.8. The molecule has 146 valence electrons. The van der Waals surface area contributed by atoms with Gasteiger partial charge in [-0.2, -0.15) is 0 Å². The second kappa shape index (κ2) is 7.13. The minimum atomic E-state index is -0.0370. The first-order valence-electron chi connectivity index (χ1n) is 9.69. The Morgan fingerprint density at radius 1 is 1.03 bits per heavy atom. The summed E-state index contributed by atoms with van der Waals surface area (Å²) in [4.78, 5) is 26.8. The van der Waals surface area contributed by atoms with Crippen LogP contribution in [0.3, 0.4) is 0 Å². The van der Waals surface area contributed by atoms with Crippen molar-refractivity contribution in [3.63, 3.8) is 0 Å². The predicted octanol–water partition coefficient (Wildman–Crippen LogP) is 3.63. The fraction of sp³-hybridized carbons (Fsp3) is 0.217. The van der Waals surface area contributed by atoms with E-state index in [2.05, 4.69) is 5.32 Å². The van der Waals surface area contributed by atoms with Crippen molar-refractivity contribution in [2.45, 2.75) is 19.4 Å². The predicted molar refractivity (Wildman–Crippen MR) is 109 cm³/mol. The van der Waals surface area contributed by atoms with Crippen LogP contribution < -0.4 is 19.7 Å². The van der Waals surface area contributed by atoms with Gasteiger partial charge < -0.3 is 19.7 Å². The Morgan fingerprint density at radius 3 is 2.76 bits per heavy atom. The van der Waals surface area contributed by atoms with E-state index in [1.54, 1.807) is 4.90 Å². The summed E-state index contributed by atoms with van der Waals surface area (Å²) < 4.78 is 10.6. The molecule has 0 saturated heterocycles. The number of fused-ring (bicyclic) bond motifs is 1. The first-order chi connectivity index (χ1) is 14.2. The lowest BCUT2D eigenvalue weighted by Crippen LogP contribution is -2.29. The van der Waals surface area contributed by atoms with E-state index in [0.717, 1.165) is 33.3 Å². The molecule has 0 saturated carbocycles. The quantitative estimate of drug-likeness (QED) is 0.700. The van der Waals surface area contributed by atoms with Crippen LogP contribution in [0, 0.1) is 0 Å². The average Bonchev–Trinajstić information content (AvgIpc) is 3.32. The third-order valence-electron chi connectivity index (χ3n) is 5.36. The van der Waals surface area contributed by atoms with E-state index >= 15 is 0 Å². The number of amides is 2. The van der Waals surface area contributed by atoms with Crippen LogP contribution in [0.25, 0.3) is 10.8 Å². The summed E-state index contributed by atoms with van der Waals surface area (Å²) >= 11 is 0. The number of hydrogen-bond acceptors (Lipinski definition) is 4. The van der Waals surface area contributed by atoms with Crippen LogP contribution in [-0.4, -0.2) is 25.2 Å². The summed E-state index contributed by atoms with van der Waals surface area (Å²) in [5, 5.41) is 5.00. The highest BCUT2D eigenvalue weighted by molar-refractivity contribution is 6.25. The Hall–Kier alpha value is -3.54. The summed E-state index contributed by atoms with van der Waals surface area (Å²) in [6, 6.07) is 17.4. The first kappa shape index (κ1) is 17.6. The molecule has 6 nitrogen and oxygen atoms in total. The van der Waals surface area contributed by atoms with E-state index in [4.69, 9.17) is 9.47 Å². The van der Waals surface area contributed by atoms with Gasteiger partial charge in [0.15, 0.2) is 11.5 Å². The third kappa shape index (κ3) is 3.16. The summed E-state index contributed by atoms with van der Waals surface area (Å²) in [6.45, 7) is 1.19. The summed E-state index contributed by atoms with van der Waals surface area (Å²) in [5.41, 5.74) is 2.63. The topological polar surface area (TPSA) is 67.9 Å². The second-order valence-corrected chi connectivity index (χ2v) is 7.21. The third-order valence-corrected chi connectivity index (χ3v) is 5.36. The van der Waals surface area contributed by atoms with Crippen LogP contribution in [-0.2, 0) is 11.3 Å². The van der Waals surface area contributed by atoms with Crippen molar-refractivity contribution >= 4 is 28.3 Å². The highest BCUT2D eigenvalue weighted by atomic mass is 16.7. The van der Waals surface area contributed by atoms with Crippen molar-refractivity contribution in [2.75, 3.05) is 18.2 Å². The molecule has 0 fully saturated rings. The van der Waals surface area contributed by atoms with E-state index in [-0.39, 0.29) is 18.6 Å². The van der Waals surface area contributed by atoms with Crippen LogP contribution >= 0.6 is 0 Å². The van der Waals surface area contributed by atoms with Crippen LogP contribution in [0.15, 0.2) is 54.6 Å². The highest BCUT2D eigenvalue weighted by Gasteiger charge is 2.29. The molecule has 0 unspecified atom stereocenters. The maximum Gasteiger partial charge on any atom is 0.258 e. The van der Waals surface area contributed by atoms with Gasteiger partial charge in [-0.1, -0.05) is 30.3 Å². The van der Waals surface area contributed by atoms with E-state index in [0.29, 0.717) is 31.7 Å². The van der Waals surface area contributed by atoms with Crippen molar-refractivity contribution in [1.82, 2.24) is 5.32 Å². The lowest BCUT2D eigenvalue weighted by Gasteiger charge is -2.17. The fourth-order valence-electron chi connectivity index (χ4n) is 3.94. The van der Waals surface area contributed by atoms with Crippen molar-refractivity contribution in [3.05, 3.63) is 65.7 Å². The van der Waals surface area contributed by atoms with Gasteiger partial charge >= 0.3 is 0 Å². The molecule has 0 spiro atoms. The largest absolute Gasteiger partial charge is 0.454 e. The minimum absolute atomic E-state index is 0.0116. The maximum absolute atomic E-state index is 12.8. The van der Waals surface area contributed by atoms with Crippen molar-refractivity contribution in [1.29, 1.82) is 0 Å². The molecule has 3 aromatic carbocycles. The monoisotopic (exact) mass is 388 g/mol. The van der Waals surface area contributed by atoms with Gasteiger partial charge in [-0.25, -0.2) is 0 Å². The molecule has 2 heterocycles. The van der Waals surface area contributed by atoms with Crippen molar-refractivity contribution in [2.24, 2.45) is 0 Å². The Labute approximate surface area is 168 Å². The van der Waals surface area contributed by atoms with Gasteiger partial charge in [-0.05, 0) is 41.6 Å². The lowest BCUT2D eigenvalue weighted by atomic mass is 10.1. The van der Waals surface area contributed by atoms with Crippen molar-refractivity contribution in [3.8, 4) is 11.5 Å². The van der Waals surface area contributed by atoms with E-state index in [1.165, 1.54) is 0 Å². The number of hydrogen-bond donors (Lipinski definition) is 1. The molecule has 0 atom stereocenters. The molecule has 29 heavy (non-hydrogen) atoms. The molecular weight excluding hydrogens is 368 g/mol. The van der Waals surface area contributed by atoms with Gasteiger partial charge in [0.1, 0.15) is 0 Å². The summed E-state index contributed by atoms with van der Waals surface area (Å²) in [6.07, 6.45) is 0.962. The Kier molecular flexibility index (Phi) is 4.31. The molecule has 2 aliphatic rings. The van der Waals surface area contributed by atoms with Gasteiger partial charge in [0.25, 0.3) is 5.91 Å². The fourth-order valence-corrected chi connectivity index (χ4v) is 3.94. The smallest absolute Gasteiger partial charge is 0.258 e. The Balaban J connectivity index is 1.16. The van der Waals surface area contributed by atoms with Crippen LogP contribution in [0.5, 0.6) is 11.5 Å². The number of carbonyl (C=O) groups is 2. The van der Waals surface area contributed by atoms with Gasteiger partial charge in [-0.15, -0.1) is 0 Å². The molecule has 0 radical (unpaired) electrons. The second-order valence-electron chi connectivity index (χ2n) is 7.21. The molecule has 5 rings (SSSR count). The van der Waals surface area contributed by atoms with Crippen LogP contribution in [0.2, 0.25) is 0 Å². The zero-order chi connectivity index (χ0) is 19.8. The lowest BCUT2D eigenvalue weighted by molar-refractivity contribution is -0.121. The van der Waals surface area contributed by atoms with Crippen molar-refractivity contribution < 1.29 is 19.1 Å². The zero-order valence-corrected chi connectivity index (χ0v) is 15.8. The number of rotatable bonds is 6. The summed E-state index contributed by atoms with van der Waals surface area (Å²) in [5.74, 6) is 1.41. The number of ether oxygens (including phenoxy) is 2. The molecule has 0 aromatic heterocycles. The Bertz CT molecular complexity index is 1120. The van der Waals surface area contributed by atoms with Gasteiger partial charge in [-0.3, -0.25) is 9.59 Å². The number of benzene rings is 3. The SMILES string of the molecule is O=C(CCCN1C(=O)c2cccc3cccc1c23)NCc1ccc2c(c1)OCO2. The highest BCUT2D eigenvalue weighted by Crippen LogP contribution is 2.37.